The van der Waals surface area contributed by atoms with Crippen LogP contribution in [-0.2, 0) is 4.74 Å². The van der Waals surface area contributed by atoms with Crippen molar-refractivity contribution in [3.05, 3.63) is 29.3 Å². The van der Waals surface area contributed by atoms with Crippen molar-refractivity contribution in [2.75, 3.05) is 77.0 Å². The minimum Gasteiger partial charge on any atom is -0.381 e. The molecule has 0 aliphatic carbocycles. The highest BCUT2D eigenvalue weighted by Gasteiger charge is 2.42. The lowest BCUT2D eigenvalue weighted by Crippen LogP contribution is -2.46. The van der Waals surface area contributed by atoms with Gasteiger partial charge in [0.05, 0.1) is 6.61 Å². The van der Waals surface area contributed by atoms with Crippen LogP contribution >= 0.6 is 11.6 Å². The molecule has 1 spiro atoms. The Hall–Kier alpha value is -1.50. The molecule has 3 saturated heterocycles. The largest absolute Gasteiger partial charge is 0.381 e. The number of hydrogen-bond acceptors (Lipinski definition) is 4. The molecule has 6 nitrogen and oxygen atoms in total. The summed E-state index contributed by atoms with van der Waals surface area (Å²) >= 11 is 6.14. The number of piperazine rings is 1. The van der Waals surface area contributed by atoms with Crippen LogP contribution in [0.2, 0.25) is 5.02 Å². The monoisotopic (exact) mass is 433 g/mol. The van der Waals surface area contributed by atoms with E-state index in [9.17, 15) is 0 Å². The van der Waals surface area contributed by atoms with Gasteiger partial charge in [-0.3, -0.25) is 9.89 Å². The molecule has 30 heavy (non-hydrogen) atoms. The minimum absolute atomic E-state index is 0.374. The van der Waals surface area contributed by atoms with E-state index < -0.39 is 0 Å². The molecule has 3 aliphatic heterocycles. The molecular formula is C23H36ClN5O. The Balaban J connectivity index is 1.20. The fourth-order valence-electron chi connectivity index (χ4n) is 4.89. The molecule has 1 aromatic carbocycles. The van der Waals surface area contributed by atoms with Crippen molar-refractivity contribution in [1.82, 2.24) is 15.1 Å². The number of hydrogen-bond donors (Lipinski definition) is 1. The van der Waals surface area contributed by atoms with Gasteiger partial charge in [-0.2, -0.15) is 0 Å². The summed E-state index contributed by atoms with van der Waals surface area (Å²) in [6.45, 7) is 13.4. The Morgan fingerprint density at radius 2 is 2.07 bits per heavy atom. The third-order valence-electron chi connectivity index (χ3n) is 6.70. The third-order valence-corrected chi connectivity index (χ3v) is 6.93. The first-order valence-electron chi connectivity index (χ1n) is 11.5. The second-order valence-corrected chi connectivity index (χ2v) is 9.31. The van der Waals surface area contributed by atoms with E-state index in [1.165, 1.54) is 18.5 Å². The first-order chi connectivity index (χ1) is 14.7. The fourth-order valence-corrected chi connectivity index (χ4v) is 5.08. The van der Waals surface area contributed by atoms with Gasteiger partial charge < -0.3 is 19.9 Å². The Kier molecular flexibility index (Phi) is 7.39. The van der Waals surface area contributed by atoms with E-state index >= 15 is 0 Å². The normalized spacial score (nSPS) is 25.5. The molecule has 0 radical (unpaired) electrons. The molecule has 166 valence electrons. The molecule has 3 fully saturated rings. The zero-order valence-electron chi connectivity index (χ0n) is 18.3. The van der Waals surface area contributed by atoms with Crippen molar-refractivity contribution < 1.29 is 4.74 Å². The number of likely N-dealkylation sites (tertiary alicyclic amines) is 1. The molecular weight excluding hydrogens is 398 g/mol. The van der Waals surface area contributed by atoms with Crippen molar-refractivity contribution in [3.8, 4) is 0 Å². The number of halogens is 1. The lowest BCUT2D eigenvalue weighted by Gasteiger charge is -2.36. The number of guanidine groups is 1. The van der Waals surface area contributed by atoms with Gasteiger partial charge in [0, 0.05) is 81.6 Å². The van der Waals surface area contributed by atoms with Gasteiger partial charge in [0.2, 0.25) is 0 Å². The summed E-state index contributed by atoms with van der Waals surface area (Å²) in [4.78, 5) is 12.4. The molecule has 0 saturated carbocycles. The van der Waals surface area contributed by atoms with E-state index in [4.69, 9.17) is 21.3 Å². The number of benzene rings is 1. The molecule has 7 heteroatoms. The molecule has 1 aromatic rings. The quantitative estimate of drug-likeness (QED) is 0.424. The molecule has 1 atom stereocenters. The maximum Gasteiger partial charge on any atom is 0.193 e. The van der Waals surface area contributed by atoms with Crippen LogP contribution in [-0.4, -0.2) is 87.9 Å². The first kappa shape index (κ1) is 21.7. The number of nitrogens with zero attached hydrogens (tertiary/aromatic N) is 4. The summed E-state index contributed by atoms with van der Waals surface area (Å²) < 4.78 is 5.68. The molecule has 3 aliphatic rings. The van der Waals surface area contributed by atoms with Gasteiger partial charge >= 0.3 is 0 Å². The van der Waals surface area contributed by atoms with E-state index in [0.29, 0.717) is 5.41 Å². The lowest BCUT2D eigenvalue weighted by molar-refractivity contribution is 0.156. The van der Waals surface area contributed by atoms with Crippen LogP contribution < -0.4 is 10.2 Å². The van der Waals surface area contributed by atoms with Gasteiger partial charge in [-0.05, 0) is 44.4 Å². The van der Waals surface area contributed by atoms with Crippen LogP contribution in [0.3, 0.4) is 0 Å². The molecule has 3 heterocycles. The molecule has 1 unspecified atom stereocenters. The van der Waals surface area contributed by atoms with Crippen LogP contribution in [0.4, 0.5) is 5.69 Å². The summed E-state index contributed by atoms with van der Waals surface area (Å²) in [6, 6.07) is 8.19. The average Bonchev–Trinajstić information content (AvgIpc) is 3.40. The summed E-state index contributed by atoms with van der Waals surface area (Å²) in [5.41, 5.74) is 1.61. The Bertz CT molecular complexity index is 713. The Labute approximate surface area is 186 Å². The van der Waals surface area contributed by atoms with E-state index in [1.54, 1.807) is 0 Å². The standard InChI is InChI=1S/C23H36ClN5O/c1-2-25-22(29-11-7-23(18-29)8-16-30-19-23)26-9-4-10-27-12-14-28(15-13-27)21-6-3-5-20(24)17-21/h3,5-6,17H,2,4,7-16,18-19H2,1H3,(H,25,26). The van der Waals surface area contributed by atoms with E-state index in [-0.39, 0.29) is 0 Å². The van der Waals surface area contributed by atoms with Crippen molar-refractivity contribution in [1.29, 1.82) is 0 Å². The van der Waals surface area contributed by atoms with Gasteiger partial charge in [0.25, 0.3) is 0 Å². The Morgan fingerprint density at radius 3 is 2.80 bits per heavy atom. The number of anilines is 1. The van der Waals surface area contributed by atoms with Gasteiger partial charge in [-0.1, -0.05) is 17.7 Å². The zero-order valence-corrected chi connectivity index (χ0v) is 19.0. The Morgan fingerprint density at radius 1 is 1.20 bits per heavy atom. The van der Waals surface area contributed by atoms with Gasteiger partial charge in [-0.25, -0.2) is 0 Å². The number of ether oxygens (including phenoxy) is 1. The second kappa shape index (κ2) is 10.2. The van der Waals surface area contributed by atoms with Gasteiger partial charge in [-0.15, -0.1) is 0 Å². The van der Waals surface area contributed by atoms with Crippen molar-refractivity contribution in [2.45, 2.75) is 26.2 Å². The van der Waals surface area contributed by atoms with Crippen molar-refractivity contribution in [3.63, 3.8) is 0 Å². The van der Waals surface area contributed by atoms with E-state index in [2.05, 4.69) is 39.1 Å². The van der Waals surface area contributed by atoms with Crippen LogP contribution in [0, 0.1) is 5.41 Å². The van der Waals surface area contributed by atoms with Gasteiger partial charge in [0.1, 0.15) is 0 Å². The SMILES string of the molecule is CCNC(=NCCCN1CCN(c2cccc(Cl)c2)CC1)N1CCC2(CCOC2)C1. The number of rotatable bonds is 6. The summed E-state index contributed by atoms with van der Waals surface area (Å²) in [6.07, 6.45) is 3.53. The van der Waals surface area contributed by atoms with Gasteiger partial charge in [0.15, 0.2) is 5.96 Å². The second-order valence-electron chi connectivity index (χ2n) is 8.87. The highest BCUT2D eigenvalue weighted by molar-refractivity contribution is 6.30. The summed E-state index contributed by atoms with van der Waals surface area (Å²) in [5, 5.41) is 4.32. The summed E-state index contributed by atoms with van der Waals surface area (Å²) in [7, 11) is 0. The molecule has 4 rings (SSSR count). The molecule has 0 amide bonds. The van der Waals surface area contributed by atoms with Crippen LogP contribution in [0.25, 0.3) is 0 Å². The van der Waals surface area contributed by atoms with E-state index in [1.807, 2.05) is 12.1 Å². The van der Waals surface area contributed by atoms with E-state index in [0.717, 1.165) is 89.5 Å². The zero-order chi connectivity index (χ0) is 20.8. The maximum atomic E-state index is 6.14. The smallest absolute Gasteiger partial charge is 0.193 e. The third kappa shape index (κ3) is 5.40. The maximum absolute atomic E-state index is 6.14. The fraction of sp³-hybridized carbons (Fsp3) is 0.696. The van der Waals surface area contributed by atoms with Crippen LogP contribution in [0.1, 0.15) is 26.2 Å². The van der Waals surface area contributed by atoms with Crippen LogP contribution in [0.5, 0.6) is 0 Å². The topological polar surface area (TPSA) is 43.3 Å². The van der Waals surface area contributed by atoms with Crippen molar-refractivity contribution in [2.24, 2.45) is 10.4 Å². The van der Waals surface area contributed by atoms with Crippen molar-refractivity contribution >= 4 is 23.2 Å². The molecule has 1 N–H and O–H groups in total. The minimum atomic E-state index is 0.374. The highest BCUT2D eigenvalue weighted by atomic mass is 35.5. The molecule has 0 aromatic heterocycles. The predicted molar refractivity (Wildman–Crippen MR) is 125 cm³/mol. The highest BCUT2D eigenvalue weighted by Crippen LogP contribution is 2.38. The number of aliphatic imine (C=N–C) groups is 1. The van der Waals surface area contributed by atoms with Crippen LogP contribution in [0.15, 0.2) is 29.3 Å². The first-order valence-corrected chi connectivity index (χ1v) is 11.9. The predicted octanol–water partition coefficient (Wildman–Crippen LogP) is 2.93. The average molecular weight is 434 g/mol. The number of nitrogens with one attached hydrogen (secondary N) is 1. The summed E-state index contributed by atoms with van der Waals surface area (Å²) in [5.74, 6) is 1.09. The lowest BCUT2D eigenvalue weighted by atomic mass is 9.87. The molecule has 0 bridgehead atoms.